The Morgan fingerprint density at radius 3 is 2.05 bits per heavy atom. The molecule has 0 radical (unpaired) electrons. The van der Waals surface area contributed by atoms with Gasteiger partial charge >= 0.3 is 12.5 Å². The van der Waals surface area contributed by atoms with Gasteiger partial charge in [0.05, 0.1) is 11.3 Å². The number of nitrogens with zero attached hydrogens (tertiary/aromatic N) is 2. The summed E-state index contributed by atoms with van der Waals surface area (Å²) in [6.07, 6.45) is -3.77. The van der Waals surface area contributed by atoms with E-state index in [9.17, 15) is 31.1 Å². The predicted octanol–water partition coefficient (Wildman–Crippen LogP) is 6.24. The van der Waals surface area contributed by atoms with E-state index in [1.165, 1.54) is 42.7 Å². The molecule has 0 saturated carbocycles. The lowest BCUT2D eigenvalue weighted by atomic mass is 10.1. The minimum atomic E-state index is -4.72. The minimum absolute atomic E-state index is 0.155. The highest BCUT2D eigenvalue weighted by atomic mass is 19.4. The zero-order valence-corrected chi connectivity index (χ0v) is 20.7. The molecule has 1 atom stereocenters. The number of ether oxygens (including phenoxy) is 2. The molecule has 3 N–H and O–H groups in total. The summed E-state index contributed by atoms with van der Waals surface area (Å²) in [7, 11) is 1.81. The number of halogens is 6. The molecule has 0 aliphatic carbocycles. The van der Waals surface area contributed by atoms with Crippen LogP contribution in [0.1, 0.15) is 22.8 Å². The van der Waals surface area contributed by atoms with Gasteiger partial charge in [-0.3, -0.25) is 4.79 Å². The van der Waals surface area contributed by atoms with Crippen molar-refractivity contribution in [2.24, 2.45) is 15.7 Å². The lowest BCUT2D eigenvalue weighted by Crippen LogP contribution is -2.16. The fraction of sp³-hybridized carbons (Fsp3) is 0.148. The van der Waals surface area contributed by atoms with Gasteiger partial charge in [-0.05, 0) is 60.7 Å². The molecule has 0 saturated heterocycles. The average Bonchev–Trinajstić information content (AvgIpc) is 2.92. The molecule has 0 spiro atoms. The van der Waals surface area contributed by atoms with Crippen LogP contribution in [0.15, 0.2) is 82.8 Å². The van der Waals surface area contributed by atoms with Crippen molar-refractivity contribution < 1.29 is 40.6 Å². The number of anilines is 1. The van der Waals surface area contributed by atoms with E-state index in [1.54, 1.807) is 0 Å². The van der Waals surface area contributed by atoms with Gasteiger partial charge in [0.25, 0.3) is 6.47 Å². The Morgan fingerprint density at radius 1 is 0.975 bits per heavy atom. The molecule has 0 aliphatic rings. The van der Waals surface area contributed by atoms with Gasteiger partial charge in [0, 0.05) is 23.9 Å². The van der Waals surface area contributed by atoms with Crippen molar-refractivity contribution in [3.8, 4) is 18.1 Å². The van der Waals surface area contributed by atoms with Gasteiger partial charge in [-0.1, -0.05) is 18.1 Å². The second-order valence-corrected chi connectivity index (χ2v) is 7.53. The standard InChI is InChI=1S/C16H15F3N4O.C11H7F3O2/c1-21-12-4-2-11(3-5-12)15(20)23-10-22-13-6-8-14(9-7-13)24-16(17,18)19;1-2-10(16-7-15)8-3-5-9(6-4-8)11(12,13)14/h2-10,21H,1H3,(H2,20,22,23);1,3-7,10H. The highest BCUT2D eigenvalue weighted by molar-refractivity contribution is 6.01. The Balaban J connectivity index is 0.000000305. The molecule has 0 amide bonds. The Labute approximate surface area is 225 Å². The van der Waals surface area contributed by atoms with Crippen LogP contribution in [0.2, 0.25) is 0 Å². The third-order valence-corrected chi connectivity index (χ3v) is 4.83. The van der Waals surface area contributed by atoms with Gasteiger partial charge < -0.3 is 20.5 Å². The smallest absolute Gasteiger partial charge is 0.446 e. The molecule has 0 bridgehead atoms. The molecule has 7 nitrogen and oxygen atoms in total. The molecule has 1 unspecified atom stereocenters. The van der Waals surface area contributed by atoms with Crippen molar-refractivity contribution in [1.82, 2.24) is 0 Å². The van der Waals surface area contributed by atoms with E-state index in [4.69, 9.17) is 12.2 Å². The summed E-state index contributed by atoms with van der Waals surface area (Å²) in [4.78, 5) is 18.1. The van der Waals surface area contributed by atoms with Crippen molar-refractivity contribution >= 4 is 30.0 Å². The van der Waals surface area contributed by atoms with Gasteiger partial charge in [0.2, 0.25) is 0 Å². The molecule has 0 fully saturated rings. The topological polar surface area (TPSA) is 98.3 Å². The first-order valence-corrected chi connectivity index (χ1v) is 11.1. The number of rotatable bonds is 8. The van der Waals surface area contributed by atoms with Crippen molar-refractivity contribution in [3.05, 3.63) is 89.5 Å². The van der Waals surface area contributed by atoms with Crippen molar-refractivity contribution in [1.29, 1.82) is 0 Å². The van der Waals surface area contributed by atoms with E-state index in [0.717, 1.165) is 23.4 Å². The van der Waals surface area contributed by atoms with Crippen LogP contribution in [0.4, 0.5) is 37.7 Å². The van der Waals surface area contributed by atoms with E-state index in [1.807, 2.05) is 31.3 Å². The summed E-state index contributed by atoms with van der Waals surface area (Å²) < 4.78 is 81.1. The summed E-state index contributed by atoms with van der Waals surface area (Å²) in [6.45, 7) is 0.155. The molecule has 13 heteroatoms. The largest absolute Gasteiger partial charge is 0.573 e. The van der Waals surface area contributed by atoms with Crippen LogP contribution in [-0.2, 0) is 15.7 Å². The fourth-order valence-corrected chi connectivity index (χ4v) is 2.89. The highest BCUT2D eigenvalue weighted by Crippen LogP contribution is 2.30. The number of nitrogens with two attached hydrogens (primary N) is 1. The second kappa shape index (κ2) is 14.2. The van der Waals surface area contributed by atoms with E-state index >= 15 is 0 Å². The van der Waals surface area contributed by atoms with Gasteiger partial charge in [-0.15, -0.1) is 19.6 Å². The normalized spacial score (nSPS) is 12.5. The molecule has 3 aromatic carbocycles. The number of hydrogen-bond donors (Lipinski definition) is 2. The molecule has 40 heavy (non-hydrogen) atoms. The monoisotopic (exact) mass is 564 g/mol. The zero-order chi connectivity index (χ0) is 29.8. The van der Waals surface area contributed by atoms with Crippen molar-refractivity contribution in [2.45, 2.75) is 18.6 Å². The Hall–Kier alpha value is -4.99. The zero-order valence-electron chi connectivity index (χ0n) is 20.7. The molecular formula is C27H22F6N4O3. The molecule has 0 heterocycles. The van der Waals surface area contributed by atoms with Crippen LogP contribution in [0, 0.1) is 12.3 Å². The van der Waals surface area contributed by atoms with Crippen molar-refractivity contribution in [2.75, 3.05) is 12.4 Å². The summed E-state index contributed by atoms with van der Waals surface area (Å²) in [5, 5.41) is 2.99. The first kappa shape index (κ1) is 31.2. The maximum absolute atomic E-state index is 12.2. The van der Waals surface area contributed by atoms with Crippen molar-refractivity contribution in [3.63, 3.8) is 0 Å². The van der Waals surface area contributed by atoms with Gasteiger partial charge in [-0.2, -0.15) is 13.2 Å². The summed E-state index contributed by atoms with van der Waals surface area (Å²) >= 11 is 0. The van der Waals surface area contributed by atoms with Gasteiger partial charge in [0.15, 0.2) is 6.10 Å². The quantitative estimate of drug-likeness (QED) is 0.111. The molecule has 0 aliphatic heterocycles. The Morgan fingerprint density at radius 2 is 1.57 bits per heavy atom. The van der Waals surface area contributed by atoms with Crippen LogP contribution in [-0.4, -0.2) is 32.1 Å². The van der Waals surface area contributed by atoms with Crippen LogP contribution < -0.4 is 15.8 Å². The number of benzene rings is 3. The van der Waals surface area contributed by atoms with Crippen LogP contribution in [0.3, 0.4) is 0 Å². The number of amidine groups is 1. The number of carbonyl (C=O) groups is 1. The average molecular weight is 564 g/mol. The van der Waals surface area contributed by atoms with E-state index in [0.29, 0.717) is 11.3 Å². The summed E-state index contributed by atoms with van der Waals surface area (Å²) in [5.74, 6) is 2.11. The number of aliphatic imine (C=N–C) groups is 2. The molecular weight excluding hydrogens is 542 g/mol. The number of alkyl halides is 6. The Bertz CT molecular complexity index is 1330. The maximum atomic E-state index is 12.2. The first-order chi connectivity index (χ1) is 18.9. The van der Waals surface area contributed by atoms with E-state index < -0.39 is 24.2 Å². The number of carbonyl (C=O) groups excluding carboxylic acids is 1. The SMILES string of the molecule is C#CC(OC=O)c1ccc(C(F)(F)F)cc1.CNc1ccc(C(N)=NC=Nc2ccc(OC(F)(F)F)cc2)cc1. The Kier molecular flexibility index (Phi) is 11.1. The molecule has 3 aromatic rings. The molecule has 3 rings (SSSR count). The summed E-state index contributed by atoms with van der Waals surface area (Å²) in [6, 6.07) is 16.5. The lowest BCUT2D eigenvalue weighted by Gasteiger charge is -2.11. The lowest BCUT2D eigenvalue weighted by molar-refractivity contribution is -0.274. The maximum Gasteiger partial charge on any atom is 0.573 e. The number of terminal acetylenes is 1. The minimum Gasteiger partial charge on any atom is -0.446 e. The number of nitrogens with one attached hydrogen (secondary N) is 1. The van der Waals surface area contributed by atoms with Crippen LogP contribution in [0.5, 0.6) is 5.75 Å². The molecule has 0 aromatic heterocycles. The van der Waals surface area contributed by atoms with Gasteiger partial charge in [0.1, 0.15) is 17.9 Å². The number of hydrogen-bond acceptors (Lipinski definition) is 5. The highest BCUT2D eigenvalue weighted by Gasteiger charge is 2.31. The van der Waals surface area contributed by atoms with Gasteiger partial charge in [-0.25, -0.2) is 9.98 Å². The first-order valence-electron chi connectivity index (χ1n) is 11.1. The second-order valence-electron chi connectivity index (χ2n) is 7.53. The van der Waals surface area contributed by atoms with E-state index in [-0.39, 0.29) is 18.1 Å². The van der Waals surface area contributed by atoms with Crippen LogP contribution in [0.25, 0.3) is 0 Å². The fourth-order valence-electron chi connectivity index (χ4n) is 2.89. The predicted molar refractivity (Wildman–Crippen MR) is 138 cm³/mol. The third-order valence-electron chi connectivity index (χ3n) is 4.83. The van der Waals surface area contributed by atoms with Crippen LogP contribution >= 0.6 is 0 Å². The third kappa shape index (κ3) is 10.4. The van der Waals surface area contributed by atoms with E-state index in [2.05, 4.69) is 30.7 Å². The molecule has 210 valence electrons. The summed E-state index contributed by atoms with van der Waals surface area (Å²) in [5.41, 5.74) is 7.48.